The number of carbonyl (C=O) groups is 3. The molecular formula is C23H23F3N8O3S. The molecule has 3 aromatic rings. The van der Waals surface area contributed by atoms with Crippen LogP contribution in [0.4, 0.5) is 23.8 Å². The molecule has 38 heavy (non-hydrogen) atoms. The fourth-order valence-corrected chi connectivity index (χ4v) is 4.37. The van der Waals surface area contributed by atoms with Gasteiger partial charge >= 0.3 is 12.2 Å². The molecule has 11 nitrogen and oxygen atoms in total. The molecule has 3 heterocycles. The Morgan fingerprint density at radius 2 is 1.84 bits per heavy atom. The van der Waals surface area contributed by atoms with Crippen LogP contribution >= 0.6 is 11.3 Å². The predicted molar refractivity (Wildman–Crippen MR) is 133 cm³/mol. The van der Waals surface area contributed by atoms with Gasteiger partial charge in [-0.15, -0.1) is 11.3 Å². The van der Waals surface area contributed by atoms with E-state index in [2.05, 4.69) is 36.4 Å². The van der Waals surface area contributed by atoms with Crippen molar-refractivity contribution in [3.8, 4) is 21.7 Å². The van der Waals surface area contributed by atoms with Gasteiger partial charge in [0, 0.05) is 46.7 Å². The molecule has 0 bridgehead atoms. The van der Waals surface area contributed by atoms with E-state index < -0.39 is 35.3 Å². The second kappa shape index (κ2) is 10.3. The lowest BCUT2D eigenvalue weighted by Gasteiger charge is -2.13. The Morgan fingerprint density at radius 1 is 1.11 bits per heavy atom. The Kier molecular flexibility index (Phi) is 7.33. The minimum absolute atomic E-state index is 0.0333. The van der Waals surface area contributed by atoms with Gasteiger partial charge in [0.15, 0.2) is 5.69 Å². The van der Waals surface area contributed by atoms with E-state index in [4.69, 9.17) is 5.73 Å². The van der Waals surface area contributed by atoms with Gasteiger partial charge in [0.25, 0.3) is 11.8 Å². The Labute approximate surface area is 218 Å². The zero-order valence-corrected chi connectivity index (χ0v) is 21.0. The third kappa shape index (κ3) is 5.89. The Morgan fingerprint density at radius 3 is 2.47 bits per heavy atom. The summed E-state index contributed by atoms with van der Waals surface area (Å²) in [7, 11) is 0. The van der Waals surface area contributed by atoms with Crippen LogP contribution in [0.5, 0.6) is 0 Å². The average Bonchev–Trinajstić information content (AvgIpc) is 3.49. The molecule has 4 rings (SSSR count). The van der Waals surface area contributed by atoms with Crippen molar-refractivity contribution < 1.29 is 27.6 Å². The van der Waals surface area contributed by atoms with E-state index in [1.807, 2.05) is 0 Å². The number of amides is 4. The maximum atomic E-state index is 13.5. The van der Waals surface area contributed by atoms with Gasteiger partial charge in [0.2, 0.25) is 0 Å². The molecule has 4 amide bonds. The topological polar surface area (TPSA) is 164 Å². The lowest BCUT2D eigenvalue weighted by molar-refractivity contribution is -0.141. The van der Waals surface area contributed by atoms with E-state index in [1.54, 1.807) is 6.92 Å². The van der Waals surface area contributed by atoms with Crippen LogP contribution < -0.4 is 27.2 Å². The van der Waals surface area contributed by atoms with Crippen LogP contribution in [0.15, 0.2) is 30.7 Å². The molecular weight excluding hydrogens is 525 g/mol. The van der Waals surface area contributed by atoms with Crippen molar-refractivity contribution >= 4 is 35.0 Å². The summed E-state index contributed by atoms with van der Waals surface area (Å²) < 4.78 is 40.4. The lowest BCUT2D eigenvalue weighted by Crippen LogP contribution is -2.50. The number of hydrazine groups is 1. The second-order valence-corrected chi connectivity index (χ2v) is 9.75. The molecule has 6 N–H and O–H groups in total. The Bertz CT molecular complexity index is 1400. The molecule has 0 spiro atoms. The molecule has 0 saturated heterocycles. The predicted octanol–water partition coefficient (Wildman–Crippen LogP) is 2.99. The van der Waals surface area contributed by atoms with Crippen molar-refractivity contribution in [2.24, 2.45) is 5.73 Å². The molecule has 0 unspecified atom stereocenters. The number of nitrogens with one attached hydrogen (secondary N) is 4. The maximum Gasteiger partial charge on any atom is 0.434 e. The SMILES string of the molecule is CCNC(=O)Nc1cc(-c2nc(C(F)(F)F)c(C)s2)c(-c2cncc(C(=O)NNC(=O)C3(N)CC3)c2)cn1. The lowest BCUT2D eigenvalue weighted by atomic mass is 10.0. The molecule has 0 radical (unpaired) electrons. The molecule has 200 valence electrons. The van der Waals surface area contributed by atoms with Crippen molar-refractivity contribution in [3.63, 3.8) is 0 Å². The first-order chi connectivity index (χ1) is 17.9. The Hall–Kier alpha value is -4.11. The minimum Gasteiger partial charge on any atom is -0.338 e. The highest BCUT2D eigenvalue weighted by molar-refractivity contribution is 7.15. The van der Waals surface area contributed by atoms with Gasteiger partial charge in [0.1, 0.15) is 10.8 Å². The minimum atomic E-state index is -4.65. The summed E-state index contributed by atoms with van der Waals surface area (Å²) in [6.45, 7) is 3.39. The standard InChI is InChI=1S/C23H23F3N8O3S/c1-3-29-21(37)31-16-7-14(19-32-17(11(2)38-19)23(24,25)26)15(10-30-16)12-6-13(9-28-8-12)18(35)33-34-20(36)22(27)4-5-22/h6-10H,3-5,27H2,1-2H3,(H,33,35)(H,34,36)(H2,29,30,31,37). The molecule has 1 fully saturated rings. The summed E-state index contributed by atoms with van der Waals surface area (Å²) in [5.41, 5.74) is 9.30. The number of carbonyl (C=O) groups excluding carboxylic acids is 3. The highest BCUT2D eigenvalue weighted by Gasteiger charge is 2.46. The first-order valence-electron chi connectivity index (χ1n) is 11.4. The van der Waals surface area contributed by atoms with Crippen molar-refractivity contribution in [3.05, 3.63) is 46.9 Å². The summed E-state index contributed by atoms with van der Waals surface area (Å²) in [5, 5.41) is 5.10. The summed E-state index contributed by atoms with van der Waals surface area (Å²) in [5.74, 6) is -1.11. The number of aromatic nitrogens is 3. The fourth-order valence-electron chi connectivity index (χ4n) is 3.41. The largest absolute Gasteiger partial charge is 0.434 e. The van der Waals surface area contributed by atoms with Gasteiger partial charge in [-0.2, -0.15) is 13.2 Å². The number of rotatable bonds is 6. The van der Waals surface area contributed by atoms with E-state index in [-0.39, 0.29) is 26.8 Å². The number of nitrogens with two attached hydrogens (primary N) is 1. The third-order valence-corrected chi connectivity index (χ3v) is 6.62. The highest BCUT2D eigenvalue weighted by atomic mass is 32.1. The van der Waals surface area contributed by atoms with Gasteiger partial charge < -0.3 is 11.1 Å². The van der Waals surface area contributed by atoms with Crippen LogP contribution in [0.1, 0.15) is 40.7 Å². The van der Waals surface area contributed by atoms with E-state index >= 15 is 0 Å². The number of anilines is 1. The Balaban J connectivity index is 1.69. The van der Waals surface area contributed by atoms with Crippen LogP contribution in [-0.4, -0.2) is 44.9 Å². The summed E-state index contributed by atoms with van der Waals surface area (Å²) in [4.78, 5) is 48.6. The van der Waals surface area contributed by atoms with Crippen LogP contribution in [0.2, 0.25) is 0 Å². The van der Waals surface area contributed by atoms with Gasteiger partial charge in [-0.05, 0) is 38.8 Å². The van der Waals surface area contributed by atoms with Crippen molar-refractivity contribution in [2.45, 2.75) is 38.4 Å². The summed E-state index contributed by atoms with van der Waals surface area (Å²) >= 11 is 0.825. The van der Waals surface area contributed by atoms with E-state index in [0.29, 0.717) is 30.5 Å². The van der Waals surface area contributed by atoms with E-state index in [1.165, 1.54) is 37.6 Å². The normalized spacial score (nSPS) is 13.9. The number of alkyl halides is 3. The zero-order valence-electron chi connectivity index (χ0n) is 20.2. The highest BCUT2D eigenvalue weighted by Crippen LogP contribution is 2.40. The molecule has 1 aliphatic rings. The van der Waals surface area contributed by atoms with E-state index in [0.717, 1.165) is 11.3 Å². The summed E-state index contributed by atoms with van der Waals surface area (Å²) in [6.07, 6.45) is 0.371. The fraction of sp³-hybridized carbons (Fsp3) is 0.304. The van der Waals surface area contributed by atoms with Crippen molar-refractivity contribution in [1.82, 2.24) is 31.1 Å². The van der Waals surface area contributed by atoms with Gasteiger partial charge in [0.05, 0.1) is 11.1 Å². The molecule has 0 aromatic carbocycles. The maximum absolute atomic E-state index is 13.5. The molecule has 1 saturated carbocycles. The summed E-state index contributed by atoms with van der Waals surface area (Å²) in [6, 6.07) is 2.29. The van der Waals surface area contributed by atoms with Gasteiger partial charge in [-0.25, -0.2) is 14.8 Å². The van der Waals surface area contributed by atoms with Crippen LogP contribution in [0.25, 0.3) is 21.7 Å². The van der Waals surface area contributed by atoms with Crippen LogP contribution in [0.3, 0.4) is 0 Å². The van der Waals surface area contributed by atoms with Crippen LogP contribution in [-0.2, 0) is 11.0 Å². The van der Waals surface area contributed by atoms with E-state index in [9.17, 15) is 27.6 Å². The molecule has 0 aliphatic heterocycles. The van der Waals surface area contributed by atoms with Crippen molar-refractivity contribution in [2.75, 3.05) is 11.9 Å². The first kappa shape index (κ1) is 26.9. The number of nitrogens with zero attached hydrogens (tertiary/aromatic N) is 3. The smallest absolute Gasteiger partial charge is 0.338 e. The van der Waals surface area contributed by atoms with Gasteiger partial charge in [-0.3, -0.25) is 30.7 Å². The quantitative estimate of drug-likeness (QED) is 0.296. The number of hydrogen-bond acceptors (Lipinski definition) is 8. The molecule has 3 aromatic heterocycles. The molecule has 0 atom stereocenters. The number of aryl methyl sites for hydroxylation is 1. The zero-order chi connectivity index (χ0) is 27.7. The second-order valence-electron chi connectivity index (χ2n) is 8.55. The number of urea groups is 1. The monoisotopic (exact) mass is 548 g/mol. The first-order valence-corrected chi connectivity index (χ1v) is 12.2. The average molecular weight is 549 g/mol. The third-order valence-electron chi connectivity index (χ3n) is 5.62. The number of thiazole rings is 1. The molecule has 1 aliphatic carbocycles. The van der Waals surface area contributed by atoms with Gasteiger partial charge in [-0.1, -0.05) is 0 Å². The van der Waals surface area contributed by atoms with Crippen molar-refractivity contribution in [1.29, 1.82) is 0 Å². The van der Waals surface area contributed by atoms with Crippen LogP contribution in [0, 0.1) is 6.92 Å². The molecule has 15 heteroatoms. The number of hydrogen-bond donors (Lipinski definition) is 5. The number of halogens is 3. The number of pyridine rings is 2.